The molecule has 0 saturated carbocycles. The lowest BCUT2D eigenvalue weighted by Gasteiger charge is -2.27. The fraction of sp³-hybridized carbons (Fsp3) is 0.400. The summed E-state index contributed by atoms with van der Waals surface area (Å²) >= 11 is 1.45. The van der Waals surface area contributed by atoms with E-state index in [4.69, 9.17) is 9.84 Å². The first-order valence-corrected chi connectivity index (χ1v) is 9.64. The van der Waals surface area contributed by atoms with Crippen molar-refractivity contribution in [3.8, 4) is 5.75 Å². The molecule has 7 heteroatoms. The van der Waals surface area contributed by atoms with Crippen molar-refractivity contribution in [3.05, 3.63) is 51.5 Å². The summed E-state index contributed by atoms with van der Waals surface area (Å²) < 4.78 is 33.7. The zero-order valence-corrected chi connectivity index (χ0v) is 15.8. The molecule has 0 saturated heterocycles. The van der Waals surface area contributed by atoms with Gasteiger partial charge in [-0.1, -0.05) is 12.1 Å². The topological polar surface area (TPSA) is 59.4 Å². The number of nitrogens with zero attached hydrogens (tertiary/aromatic N) is 1. The fourth-order valence-corrected chi connectivity index (χ4v) is 3.98. The molecule has 1 aliphatic rings. The van der Waals surface area contributed by atoms with Crippen LogP contribution in [0.5, 0.6) is 5.75 Å². The van der Waals surface area contributed by atoms with E-state index < -0.39 is 11.9 Å². The molecule has 1 aliphatic carbocycles. The minimum atomic E-state index is -2.71. The summed E-state index contributed by atoms with van der Waals surface area (Å²) in [7, 11) is 0. The third kappa shape index (κ3) is 5.13. The first kappa shape index (κ1) is 19.5. The zero-order chi connectivity index (χ0) is 19.4. The van der Waals surface area contributed by atoms with Crippen molar-refractivity contribution in [3.63, 3.8) is 0 Å². The smallest absolute Gasteiger partial charge is 0.303 e. The van der Waals surface area contributed by atoms with Gasteiger partial charge in [-0.25, -0.2) is 8.78 Å². The second-order valence-corrected chi connectivity index (χ2v) is 7.65. The minimum absolute atomic E-state index is 0.0693. The van der Waals surface area contributed by atoms with E-state index in [0.29, 0.717) is 24.2 Å². The summed E-state index contributed by atoms with van der Waals surface area (Å²) in [6, 6.07) is 5.48. The van der Waals surface area contributed by atoms with Gasteiger partial charge in [0.2, 0.25) is 0 Å². The molecule has 2 aromatic rings. The summed E-state index contributed by atoms with van der Waals surface area (Å²) in [5.74, 6) is -2.92. The van der Waals surface area contributed by atoms with Crippen molar-refractivity contribution < 1.29 is 23.4 Å². The first-order chi connectivity index (χ1) is 12.8. The molecule has 1 aromatic carbocycles. The summed E-state index contributed by atoms with van der Waals surface area (Å²) in [6.45, 7) is 1.98. The van der Waals surface area contributed by atoms with Crippen molar-refractivity contribution in [1.82, 2.24) is 4.98 Å². The summed E-state index contributed by atoms with van der Waals surface area (Å²) in [5.41, 5.74) is 5.01. The Morgan fingerprint density at radius 2 is 2.22 bits per heavy atom. The van der Waals surface area contributed by atoms with Gasteiger partial charge < -0.3 is 9.84 Å². The number of rotatable bonds is 7. The maximum atomic E-state index is 13.9. The number of hydrogen-bond acceptors (Lipinski definition) is 4. The van der Waals surface area contributed by atoms with Gasteiger partial charge in [0.15, 0.2) is 0 Å². The Morgan fingerprint density at radius 1 is 1.41 bits per heavy atom. The third-order valence-corrected chi connectivity index (χ3v) is 5.47. The van der Waals surface area contributed by atoms with Crippen LogP contribution in [-0.4, -0.2) is 28.6 Å². The van der Waals surface area contributed by atoms with Crippen LogP contribution in [-0.2, 0) is 11.2 Å². The Balaban J connectivity index is 1.74. The molecule has 0 fully saturated rings. The second kappa shape index (κ2) is 8.17. The molecular formula is C20H21F2NO3S. The molecule has 0 unspecified atom stereocenters. The SMILES string of the molecule is Cc1cc(CCC(=O)O)ccc1OCC1=C(c2cncs2)CCC(F)(F)C1. The van der Waals surface area contributed by atoms with E-state index in [9.17, 15) is 13.6 Å². The van der Waals surface area contributed by atoms with Crippen LogP contribution in [0.3, 0.4) is 0 Å². The van der Waals surface area contributed by atoms with Gasteiger partial charge in [0.1, 0.15) is 12.4 Å². The van der Waals surface area contributed by atoms with Crippen LogP contribution in [0.4, 0.5) is 8.78 Å². The Morgan fingerprint density at radius 3 is 2.89 bits per heavy atom. The quantitative estimate of drug-likeness (QED) is 0.709. The molecule has 0 amide bonds. The molecule has 4 nitrogen and oxygen atoms in total. The number of allylic oxidation sites excluding steroid dienone is 1. The van der Waals surface area contributed by atoms with Crippen LogP contribution in [0.15, 0.2) is 35.5 Å². The van der Waals surface area contributed by atoms with Crippen LogP contribution in [0.2, 0.25) is 0 Å². The van der Waals surface area contributed by atoms with Gasteiger partial charge in [-0.3, -0.25) is 9.78 Å². The number of carboxylic acids is 1. The Kier molecular flexibility index (Phi) is 5.89. The number of ether oxygens (including phenoxy) is 1. The molecule has 3 rings (SSSR count). The highest BCUT2D eigenvalue weighted by Crippen LogP contribution is 2.41. The predicted octanol–water partition coefficient (Wildman–Crippen LogP) is 5.12. The summed E-state index contributed by atoms with van der Waals surface area (Å²) in [6.07, 6.45) is 2.10. The molecule has 0 spiro atoms. The maximum absolute atomic E-state index is 13.9. The van der Waals surface area contributed by atoms with Crippen LogP contribution in [0, 0.1) is 6.92 Å². The minimum Gasteiger partial charge on any atom is -0.489 e. The lowest BCUT2D eigenvalue weighted by Crippen LogP contribution is -2.24. The lowest BCUT2D eigenvalue weighted by molar-refractivity contribution is -0.136. The molecule has 144 valence electrons. The van der Waals surface area contributed by atoms with E-state index in [-0.39, 0.29) is 25.9 Å². The highest BCUT2D eigenvalue weighted by atomic mass is 32.1. The number of alkyl halides is 2. The Labute approximate surface area is 160 Å². The number of halogens is 2. The lowest BCUT2D eigenvalue weighted by atomic mass is 9.89. The third-order valence-electron chi connectivity index (χ3n) is 4.64. The summed E-state index contributed by atoms with van der Waals surface area (Å²) in [5, 5.41) is 8.78. The number of aliphatic carboxylic acids is 1. The number of benzene rings is 1. The van der Waals surface area contributed by atoms with Gasteiger partial charge in [-0.2, -0.15) is 0 Å². The van der Waals surface area contributed by atoms with Crippen LogP contribution in [0.1, 0.15) is 41.7 Å². The number of carboxylic acid groups (broad SMARTS) is 1. The van der Waals surface area contributed by atoms with Crippen molar-refractivity contribution in [2.45, 2.75) is 45.0 Å². The van der Waals surface area contributed by atoms with Crippen LogP contribution in [0.25, 0.3) is 5.57 Å². The van der Waals surface area contributed by atoms with Gasteiger partial charge in [-0.15, -0.1) is 11.3 Å². The van der Waals surface area contributed by atoms with E-state index in [1.165, 1.54) is 11.3 Å². The summed E-state index contributed by atoms with van der Waals surface area (Å²) in [4.78, 5) is 15.7. The van der Waals surface area contributed by atoms with E-state index in [0.717, 1.165) is 21.6 Å². The highest BCUT2D eigenvalue weighted by molar-refractivity contribution is 7.10. The van der Waals surface area contributed by atoms with Gasteiger partial charge >= 0.3 is 5.97 Å². The first-order valence-electron chi connectivity index (χ1n) is 8.76. The van der Waals surface area contributed by atoms with Gasteiger partial charge in [0.05, 0.1) is 10.4 Å². The van der Waals surface area contributed by atoms with E-state index in [1.807, 2.05) is 19.1 Å². The van der Waals surface area contributed by atoms with Crippen molar-refractivity contribution >= 4 is 22.9 Å². The predicted molar refractivity (Wildman–Crippen MR) is 100 cm³/mol. The second-order valence-electron chi connectivity index (χ2n) is 6.76. The number of thiazole rings is 1. The van der Waals surface area contributed by atoms with E-state index in [2.05, 4.69) is 4.98 Å². The fourth-order valence-electron chi connectivity index (χ4n) is 3.24. The van der Waals surface area contributed by atoms with Gasteiger partial charge in [0.25, 0.3) is 5.92 Å². The maximum Gasteiger partial charge on any atom is 0.303 e. The van der Waals surface area contributed by atoms with Gasteiger partial charge in [-0.05, 0) is 48.1 Å². The molecule has 1 aromatic heterocycles. The normalized spacial score (nSPS) is 16.4. The number of hydrogen-bond donors (Lipinski definition) is 1. The Bertz CT molecular complexity index is 847. The molecule has 1 heterocycles. The Hall–Kier alpha value is -2.28. The molecule has 0 bridgehead atoms. The van der Waals surface area contributed by atoms with Crippen molar-refractivity contribution in [1.29, 1.82) is 0 Å². The van der Waals surface area contributed by atoms with Crippen molar-refractivity contribution in [2.75, 3.05) is 6.61 Å². The van der Waals surface area contributed by atoms with Crippen LogP contribution >= 0.6 is 11.3 Å². The largest absolute Gasteiger partial charge is 0.489 e. The van der Waals surface area contributed by atoms with Crippen LogP contribution < -0.4 is 4.74 Å². The number of aryl methyl sites for hydroxylation is 2. The number of aromatic nitrogens is 1. The average Bonchev–Trinajstić information content (AvgIpc) is 3.13. The zero-order valence-electron chi connectivity index (χ0n) is 15.0. The van der Waals surface area contributed by atoms with E-state index in [1.54, 1.807) is 17.8 Å². The average molecular weight is 393 g/mol. The molecule has 27 heavy (non-hydrogen) atoms. The highest BCUT2D eigenvalue weighted by Gasteiger charge is 2.36. The monoisotopic (exact) mass is 393 g/mol. The number of carbonyl (C=O) groups is 1. The molecule has 1 N–H and O–H groups in total. The van der Waals surface area contributed by atoms with Crippen molar-refractivity contribution in [2.24, 2.45) is 0 Å². The standard InChI is InChI=1S/C20H21F2NO3S/c1-13-8-14(3-5-19(24)25)2-4-17(13)26-11-15-9-20(21,22)7-6-16(15)18-10-23-12-27-18/h2,4,8,10,12H,3,5-7,9,11H2,1H3,(H,24,25). The molecule has 0 atom stereocenters. The van der Waals surface area contributed by atoms with Gasteiger partial charge in [0, 0.05) is 25.5 Å². The molecule has 0 radical (unpaired) electrons. The van der Waals surface area contributed by atoms with E-state index >= 15 is 0 Å². The molecule has 0 aliphatic heterocycles. The molecular weight excluding hydrogens is 372 g/mol.